The second-order valence-electron chi connectivity index (χ2n) is 4.32. The first-order valence-corrected chi connectivity index (χ1v) is 5.92. The van der Waals surface area contributed by atoms with Crippen LogP contribution in [0, 0.1) is 0 Å². The number of ether oxygens (including phenoxy) is 1. The van der Waals surface area contributed by atoms with Gasteiger partial charge in [0.05, 0.1) is 12.7 Å². The van der Waals surface area contributed by atoms with Crippen LogP contribution in [0.1, 0.15) is 11.1 Å². The van der Waals surface area contributed by atoms with Gasteiger partial charge in [0.15, 0.2) is 5.75 Å². The van der Waals surface area contributed by atoms with E-state index in [2.05, 4.69) is 4.98 Å². The number of hydrogen-bond donors (Lipinski definition) is 0. The molecule has 118 valence electrons. The Morgan fingerprint density at radius 3 is 2.18 bits per heavy atom. The number of methoxy groups -OCH3 is 1. The molecule has 0 unspecified atom stereocenters. The van der Waals surface area contributed by atoms with Gasteiger partial charge in [-0.1, -0.05) is 12.1 Å². The number of nitrogens with zero attached hydrogens (tertiary/aromatic N) is 1. The van der Waals surface area contributed by atoms with E-state index >= 15 is 0 Å². The van der Waals surface area contributed by atoms with E-state index in [0.29, 0.717) is 6.07 Å². The zero-order chi connectivity index (χ0) is 16.5. The summed E-state index contributed by atoms with van der Waals surface area (Å²) in [6.45, 7) is 0. The summed E-state index contributed by atoms with van der Waals surface area (Å²) in [5.74, 6) is -0.616. The number of hydrogen-bond acceptors (Lipinski definition) is 2. The van der Waals surface area contributed by atoms with Gasteiger partial charge in [-0.15, -0.1) is 0 Å². The Labute approximate surface area is 121 Å². The molecule has 1 heterocycles. The maximum Gasteiger partial charge on any atom is 0.420 e. The Balaban J connectivity index is 2.64. The van der Waals surface area contributed by atoms with E-state index in [9.17, 15) is 26.3 Å². The topological polar surface area (TPSA) is 22.1 Å². The summed E-state index contributed by atoms with van der Waals surface area (Å²) in [5.41, 5.74) is -2.50. The molecule has 8 heteroatoms. The molecule has 0 aliphatic heterocycles. The van der Waals surface area contributed by atoms with E-state index in [1.165, 1.54) is 6.07 Å². The van der Waals surface area contributed by atoms with Crippen molar-refractivity contribution in [2.24, 2.45) is 0 Å². The summed E-state index contributed by atoms with van der Waals surface area (Å²) in [5, 5.41) is 0. The van der Waals surface area contributed by atoms with Crippen molar-refractivity contribution in [3.63, 3.8) is 0 Å². The largest absolute Gasteiger partial charge is 0.494 e. The Bertz CT molecular complexity index is 678. The summed E-state index contributed by atoms with van der Waals surface area (Å²) in [6.07, 6.45) is -8.43. The lowest BCUT2D eigenvalue weighted by Gasteiger charge is -2.15. The number of alkyl halides is 6. The third-order valence-electron chi connectivity index (χ3n) is 2.88. The van der Waals surface area contributed by atoms with E-state index in [1.54, 1.807) is 0 Å². The predicted molar refractivity (Wildman–Crippen MR) is 66.2 cm³/mol. The average molecular weight is 321 g/mol. The van der Waals surface area contributed by atoms with Crippen molar-refractivity contribution < 1.29 is 31.1 Å². The zero-order valence-electron chi connectivity index (χ0n) is 11.1. The molecule has 0 saturated carbocycles. The molecule has 0 radical (unpaired) electrons. The summed E-state index contributed by atoms with van der Waals surface area (Å²) in [7, 11) is 1.00. The van der Waals surface area contributed by atoms with Crippen LogP contribution in [0.2, 0.25) is 0 Å². The molecule has 0 spiro atoms. The van der Waals surface area contributed by atoms with Crippen LogP contribution in [0.15, 0.2) is 36.5 Å². The van der Waals surface area contributed by atoms with Gasteiger partial charge in [0, 0.05) is 11.8 Å². The van der Waals surface area contributed by atoms with Gasteiger partial charge in [0.2, 0.25) is 0 Å². The summed E-state index contributed by atoms with van der Waals surface area (Å²) < 4.78 is 81.6. The Morgan fingerprint density at radius 2 is 1.64 bits per heavy atom. The lowest BCUT2D eigenvalue weighted by atomic mass is 10.0. The molecule has 0 amide bonds. The monoisotopic (exact) mass is 321 g/mol. The minimum Gasteiger partial charge on any atom is -0.494 e. The summed E-state index contributed by atoms with van der Waals surface area (Å²) in [4.78, 5) is 3.72. The average Bonchev–Trinajstić information content (AvgIpc) is 2.44. The third kappa shape index (κ3) is 3.15. The maximum atomic E-state index is 12.9. The van der Waals surface area contributed by atoms with Crippen LogP contribution in [-0.2, 0) is 12.4 Å². The molecule has 0 aliphatic carbocycles. The lowest BCUT2D eigenvalue weighted by molar-refractivity contribution is -0.139. The highest BCUT2D eigenvalue weighted by atomic mass is 19.4. The van der Waals surface area contributed by atoms with Crippen LogP contribution in [0.4, 0.5) is 26.3 Å². The van der Waals surface area contributed by atoms with E-state index in [0.717, 1.165) is 31.5 Å². The van der Waals surface area contributed by atoms with Gasteiger partial charge in [-0.3, -0.25) is 4.98 Å². The molecule has 0 fully saturated rings. The molecule has 2 rings (SSSR count). The molecule has 0 saturated heterocycles. The normalized spacial score (nSPS) is 12.3. The Morgan fingerprint density at radius 1 is 0.955 bits per heavy atom. The van der Waals surface area contributed by atoms with Gasteiger partial charge in [-0.2, -0.15) is 26.3 Å². The molecule has 0 aliphatic rings. The standard InChI is InChI=1S/C14H9F6NO/c1-22-12-10(14(18,19)20)5-6-21-11(12)8-3-2-4-9(7-8)13(15,16)17/h2-7H,1H3. The smallest absolute Gasteiger partial charge is 0.420 e. The van der Waals surface area contributed by atoms with Crippen molar-refractivity contribution in [2.75, 3.05) is 7.11 Å². The molecule has 2 aromatic rings. The minimum atomic E-state index is -4.70. The molecule has 22 heavy (non-hydrogen) atoms. The highest BCUT2D eigenvalue weighted by molar-refractivity contribution is 5.69. The van der Waals surface area contributed by atoms with Crippen molar-refractivity contribution in [3.8, 4) is 17.0 Å². The quantitative estimate of drug-likeness (QED) is 0.742. The predicted octanol–water partition coefficient (Wildman–Crippen LogP) is 4.79. The van der Waals surface area contributed by atoms with Gasteiger partial charge in [0.25, 0.3) is 0 Å². The van der Waals surface area contributed by atoms with Crippen LogP contribution in [0.3, 0.4) is 0 Å². The highest BCUT2D eigenvalue weighted by Crippen LogP contribution is 2.41. The second kappa shape index (κ2) is 5.51. The van der Waals surface area contributed by atoms with Crippen molar-refractivity contribution in [1.29, 1.82) is 0 Å². The van der Waals surface area contributed by atoms with Crippen LogP contribution < -0.4 is 4.74 Å². The van der Waals surface area contributed by atoms with Gasteiger partial charge in [-0.25, -0.2) is 0 Å². The molecule has 1 aromatic heterocycles. The molecule has 1 aromatic carbocycles. The molecule has 2 nitrogen and oxygen atoms in total. The zero-order valence-corrected chi connectivity index (χ0v) is 11.1. The number of rotatable bonds is 2. The van der Waals surface area contributed by atoms with Crippen molar-refractivity contribution in [1.82, 2.24) is 4.98 Å². The van der Waals surface area contributed by atoms with Crippen LogP contribution in [-0.4, -0.2) is 12.1 Å². The van der Waals surface area contributed by atoms with E-state index < -0.39 is 29.2 Å². The SMILES string of the molecule is COc1c(C(F)(F)F)ccnc1-c1cccc(C(F)(F)F)c1. The number of benzene rings is 1. The fourth-order valence-corrected chi connectivity index (χ4v) is 1.93. The molecule has 0 N–H and O–H groups in total. The van der Waals surface area contributed by atoms with Crippen molar-refractivity contribution >= 4 is 0 Å². The van der Waals surface area contributed by atoms with Crippen LogP contribution >= 0.6 is 0 Å². The first-order chi connectivity index (χ1) is 10.1. The van der Waals surface area contributed by atoms with Crippen LogP contribution in [0.5, 0.6) is 5.75 Å². The number of pyridine rings is 1. The summed E-state index contributed by atoms with van der Waals surface area (Å²) in [6, 6.07) is 4.59. The van der Waals surface area contributed by atoms with Crippen molar-refractivity contribution in [3.05, 3.63) is 47.7 Å². The maximum absolute atomic E-state index is 12.9. The fraction of sp³-hybridized carbons (Fsp3) is 0.214. The van der Waals surface area contributed by atoms with Gasteiger partial charge in [-0.05, 0) is 18.2 Å². The summed E-state index contributed by atoms with van der Waals surface area (Å²) >= 11 is 0. The Kier molecular flexibility index (Phi) is 4.04. The highest BCUT2D eigenvalue weighted by Gasteiger charge is 2.36. The van der Waals surface area contributed by atoms with Crippen molar-refractivity contribution in [2.45, 2.75) is 12.4 Å². The minimum absolute atomic E-state index is 0.113. The molecule has 0 bridgehead atoms. The van der Waals surface area contributed by atoms with Gasteiger partial charge >= 0.3 is 12.4 Å². The Hall–Kier alpha value is -2.25. The first-order valence-electron chi connectivity index (χ1n) is 5.92. The number of halogens is 6. The third-order valence-corrected chi connectivity index (χ3v) is 2.88. The number of aromatic nitrogens is 1. The first kappa shape index (κ1) is 16.1. The second-order valence-corrected chi connectivity index (χ2v) is 4.32. The lowest BCUT2D eigenvalue weighted by Crippen LogP contribution is -2.09. The van der Waals surface area contributed by atoms with E-state index in [1.807, 2.05) is 0 Å². The van der Waals surface area contributed by atoms with Gasteiger partial charge < -0.3 is 4.74 Å². The van der Waals surface area contributed by atoms with Crippen LogP contribution in [0.25, 0.3) is 11.3 Å². The fourth-order valence-electron chi connectivity index (χ4n) is 1.93. The van der Waals surface area contributed by atoms with Gasteiger partial charge in [0.1, 0.15) is 11.3 Å². The molecular weight excluding hydrogens is 312 g/mol. The molecular formula is C14H9F6NO. The molecule has 0 atom stereocenters. The van der Waals surface area contributed by atoms with E-state index in [-0.39, 0.29) is 11.3 Å². The van der Waals surface area contributed by atoms with E-state index in [4.69, 9.17) is 4.74 Å².